The van der Waals surface area contributed by atoms with Crippen LogP contribution in [0.4, 0.5) is 10.2 Å². The number of pyridine rings is 1. The van der Waals surface area contributed by atoms with Crippen molar-refractivity contribution in [3.05, 3.63) is 65.7 Å². The van der Waals surface area contributed by atoms with Gasteiger partial charge in [-0.3, -0.25) is 19.8 Å². The number of carbonyl (C=O) groups excluding carboxylic acids is 1. The van der Waals surface area contributed by atoms with Gasteiger partial charge in [0.1, 0.15) is 11.9 Å². The van der Waals surface area contributed by atoms with Gasteiger partial charge in [-0.05, 0) is 42.7 Å². The van der Waals surface area contributed by atoms with Crippen molar-refractivity contribution in [3.63, 3.8) is 0 Å². The summed E-state index contributed by atoms with van der Waals surface area (Å²) in [5.74, 6) is -0.166. The van der Waals surface area contributed by atoms with Crippen LogP contribution in [0.5, 0.6) is 0 Å². The third-order valence-corrected chi connectivity index (χ3v) is 4.78. The molecule has 2 aromatic heterocycles. The fourth-order valence-electron chi connectivity index (χ4n) is 3.35. The molecule has 4 rings (SSSR count). The quantitative estimate of drug-likeness (QED) is 0.774. The molecule has 3 heterocycles. The zero-order chi connectivity index (χ0) is 18.8. The number of anilines is 1. The van der Waals surface area contributed by atoms with Crippen molar-refractivity contribution in [1.29, 1.82) is 5.26 Å². The first kappa shape index (κ1) is 16.9. The Bertz CT molecular complexity index is 1020. The second kappa shape index (κ2) is 7.00. The lowest BCUT2D eigenvalue weighted by Crippen LogP contribution is -2.28. The molecule has 1 N–H and O–H groups in total. The number of aromatic nitrogens is 3. The normalized spacial score (nSPS) is 16.5. The number of nitrogens with one attached hydrogen (secondary N) is 1. The number of nitriles is 1. The Labute approximate surface area is 155 Å². The maximum absolute atomic E-state index is 13.5. The smallest absolute Gasteiger partial charge is 0.231 e. The number of H-pyrrole nitrogens is 1. The van der Waals surface area contributed by atoms with Crippen molar-refractivity contribution in [2.24, 2.45) is 5.92 Å². The monoisotopic (exact) mass is 361 g/mol. The molecule has 0 spiro atoms. The highest BCUT2D eigenvalue weighted by atomic mass is 19.1. The van der Waals surface area contributed by atoms with Gasteiger partial charge < -0.3 is 0 Å². The van der Waals surface area contributed by atoms with Gasteiger partial charge in [0.2, 0.25) is 5.91 Å². The van der Waals surface area contributed by atoms with Crippen molar-refractivity contribution >= 4 is 11.7 Å². The lowest BCUT2D eigenvalue weighted by atomic mass is 9.97. The third-order valence-electron chi connectivity index (χ3n) is 4.78. The molecule has 1 unspecified atom stereocenters. The van der Waals surface area contributed by atoms with Crippen molar-refractivity contribution < 1.29 is 9.18 Å². The average molecular weight is 361 g/mol. The van der Waals surface area contributed by atoms with Crippen LogP contribution in [0.1, 0.15) is 17.5 Å². The van der Waals surface area contributed by atoms with Crippen LogP contribution in [-0.4, -0.2) is 27.6 Å². The summed E-state index contributed by atoms with van der Waals surface area (Å²) in [6.45, 7) is 0.580. The Morgan fingerprint density at radius 2 is 2.07 bits per heavy atom. The van der Waals surface area contributed by atoms with Crippen LogP contribution in [0, 0.1) is 23.1 Å². The molecule has 1 aliphatic rings. The predicted molar refractivity (Wildman–Crippen MR) is 97.1 cm³/mol. The first-order valence-corrected chi connectivity index (χ1v) is 8.61. The van der Waals surface area contributed by atoms with Gasteiger partial charge in [-0.15, -0.1) is 0 Å². The summed E-state index contributed by atoms with van der Waals surface area (Å²) >= 11 is 0. The summed E-state index contributed by atoms with van der Waals surface area (Å²) < 4.78 is 13.5. The van der Waals surface area contributed by atoms with Crippen LogP contribution in [0.3, 0.4) is 0 Å². The Balaban J connectivity index is 1.49. The molecular weight excluding hydrogens is 345 g/mol. The van der Waals surface area contributed by atoms with Crippen molar-refractivity contribution in [3.8, 4) is 17.3 Å². The molecule has 6 nitrogen and oxygen atoms in total. The van der Waals surface area contributed by atoms with E-state index in [4.69, 9.17) is 5.26 Å². The lowest BCUT2D eigenvalue weighted by Gasteiger charge is -2.13. The van der Waals surface area contributed by atoms with Crippen molar-refractivity contribution in [2.75, 3.05) is 11.4 Å². The molecule has 0 saturated carbocycles. The minimum atomic E-state index is -0.541. The van der Waals surface area contributed by atoms with E-state index >= 15 is 0 Å². The molecule has 0 aliphatic carbocycles. The number of halogens is 1. The average Bonchev–Trinajstić information content (AvgIpc) is 3.31. The topological polar surface area (TPSA) is 85.7 Å². The van der Waals surface area contributed by atoms with Gasteiger partial charge >= 0.3 is 0 Å². The summed E-state index contributed by atoms with van der Waals surface area (Å²) in [4.78, 5) is 18.5. The molecule has 0 radical (unpaired) electrons. The maximum atomic E-state index is 13.5. The highest BCUT2D eigenvalue weighted by Gasteiger charge is 2.33. The number of aromatic amines is 1. The van der Waals surface area contributed by atoms with Gasteiger partial charge in [0.25, 0.3) is 0 Å². The predicted octanol–water partition coefficient (Wildman–Crippen LogP) is 3.08. The van der Waals surface area contributed by atoms with Crippen LogP contribution in [0.2, 0.25) is 0 Å². The molecule has 1 aromatic carbocycles. The zero-order valence-electron chi connectivity index (χ0n) is 14.4. The van der Waals surface area contributed by atoms with E-state index in [0.717, 1.165) is 16.8 Å². The fraction of sp³-hybridized carbons (Fsp3) is 0.200. The molecule has 1 amide bonds. The standard InChI is InChI=1S/C20H16FN5O/c21-17-2-1-13(10-16(17)12-22)9-15-5-8-26(20(15)27)19-11-18(24-25-19)14-3-6-23-7-4-14/h1-4,6-7,10-11,15H,5,8-9H2,(H,24,25). The van der Waals surface area contributed by atoms with Gasteiger partial charge in [-0.2, -0.15) is 10.4 Å². The number of nitrogens with zero attached hydrogens (tertiary/aromatic N) is 4. The van der Waals surface area contributed by atoms with Crippen molar-refractivity contribution in [2.45, 2.75) is 12.8 Å². The third kappa shape index (κ3) is 3.29. The first-order chi connectivity index (χ1) is 13.2. The van der Waals surface area contributed by atoms with Gasteiger partial charge in [-0.1, -0.05) is 6.07 Å². The molecule has 27 heavy (non-hydrogen) atoms. The zero-order valence-corrected chi connectivity index (χ0v) is 14.4. The van der Waals surface area contributed by atoms with Crippen molar-refractivity contribution in [1.82, 2.24) is 15.2 Å². The molecule has 134 valence electrons. The molecule has 1 saturated heterocycles. The Morgan fingerprint density at radius 1 is 1.26 bits per heavy atom. The van der Waals surface area contributed by atoms with E-state index < -0.39 is 5.82 Å². The van der Waals surface area contributed by atoms with E-state index in [-0.39, 0.29) is 17.4 Å². The van der Waals surface area contributed by atoms with Gasteiger partial charge in [0.15, 0.2) is 5.82 Å². The number of amides is 1. The SMILES string of the molecule is N#Cc1cc(CC2CCN(c3cc(-c4ccncc4)[nH]n3)C2=O)ccc1F. The van der Waals surface area contributed by atoms with E-state index in [1.54, 1.807) is 23.4 Å². The van der Waals surface area contributed by atoms with Crippen LogP contribution in [-0.2, 0) is 11.2 Å². The van der Waals surface area contributed by atoms with E-state index in [9.17, 15) is 9.18 Å². The number of hydrogen-bond acceptors (Lipinski definition) is 4. The number of rotatable bonds is 4. The van der Waals surface area contributed by atoms with Crippen LogP contribution in [0.25, 0.3) is 11.3 Å². The van der Waals surface area contributed by atoms with E-state index in [1.165, 1.54) is 12.1 Å². The number of benzene rings is 1. The molecule has 0 bridgehead atoms. The summed E-state index contributed by atoms with van der Waals surface area (Å²) in [5, 5.41) is 16.2. The molecular formula is C20H16FN5O. The van der Waals surface area contributed by atoms with E-state index in [2.05, 4.69) is 15.2 Å². The summed E-state index contributed by atoms with van der Waals surface area (Å²) in [6, 6.07) is 11.8. The molecule has 7 heteroatoms. The molecule has 1 fully saturated rings. The molecule has 3 aromatic rings. The Morgan fingerprint density at radius 3 is 2.85 bits per heavy atom. The Kier molecular flexibility index (Phi) is 4.38. The molecule has 1 atom stereocenters. The lowest BCUT2D eigenvalue weighted by molar-refractivity contribution is -0.120. The second-order valence-electron chi connectivity index (χ2n) is 6.48. The van der Waals surface area contributed by atoms with Crippen LogP contribution in [0.15, 0.2) is 48.8 Å². The Hall–Kier alpha value is -3.53. The maximum Gasteiger partial charge on any atom is 0.231 e. The fourth-order valence-corrected chi connectivity index (χ4v) is 3.35. The van der Waals surface area contributed by atoms with Gasteiger partial charge in [0, 0.05) is 36.5 Å². The minimum Gasteiger partial charge on any atom is -0.295 e. The molecule has 1 aliphatic heterocycles. The summed E-state index contributed by atoms with van der Waals surface area (Å²) in [5.41, 5.74) is 2.56. The second-order valence-corrected chi connectivity index (χ2v) is 6.48. The van der Waals surface area contributed by atoms with E-state index in [0.29, 0.717) is 25.2 Å². The minimum absolute atomic E-state index is 0.00379. The number of hydrogen-bond donors (Lipinski definition) is 1. The van der Waals surface area contributed by atoms with E-state index in [1.807, 2.05) is 24.3 Å². The summed E-state index contributed by atoms with van der Waals surface area (Å²) in [7, 11) is 0. The van der Waals surface area contributed by atoms with Crippen LogP contribution >= 0.6 is 0 Å². The summed E-state index contributed by atoms with van der Waals surface area (Å²) in [6.07, 6.45) is 4.57. The largest absolute Gasteiger partial charge is 0.295 e. The van der Waals surface area contributed by atoms with Crippen LogP contribution < -0.4 is 4.90 Å². The number of carbonyl (C=O) groups is 1. The van der Waals surface area contributed by atoms with Gasteiger partial charge in [-0.25, -0.2) is 4.39 Å². The highest BCUT2D eigenvalue weighted by molar-refractivity contribution is 5.96. The van der Waals surface area contributed by atoms with Gasteiger partial charge in [0.05, 0.1) is 11.3 Å². The first-order valence-electron chi connectivity index (χ1n) is 8.61. The highest BCUT2D eigenvalue weighted by Crippen LogP contribution is 2.29.